The second-order valence-corrected chi connectivity index (χ2v) is 4.77. The van der Waals surface area contributed by atoms with E-state index in [-0.39, 0.29) is 12.4 Å². The molecule has 2 aromatic rings. The van der Waals surface area contributed by atoms with E-state index in [1.165, 1.54) is 11.3 Å². The molecule has 1 aromatic carbocycles. The third-order valence-electron chi connectivity index (χ3n) is 2.98. The fraction of sp³-hybridized carbons (Fsp3) is 0.400. The van der Waals surface area contributed by atoms with Gasteiger partial charge in [-0.15, -0.1) is 12.4 Å². The largest absolute Gasteiger partial charge is 0.311 e. The molecule has 1 aromatic heterocycles. The summed E-state index contributed by atoms with van der Waals surface area (Å²) in [5, 5.41) is 7.80. The minimum atomic E-state index is 0. The minimum absolute atomic E-state index is 0. The third-order valence-corrected chi connectivity index (χ3v) is 2.98. The van der Waals surface area contributed by atoms with Crippen molar-refractivity contribution in [3.8, 4) is 0 Å². The summed E-state index contributed by atoms with van der Waals surface area (Å²) in [5.41, 5.74) is 2.63. The first-order valence-corrected chi connectivity index (χ1v) is 6.54. The number of hydrogen-bond acceptors (Lipinski definition) is 2. The molecule has 104 valence electrons. The van der Waals surface area contributed by atoms with E-state index in [1.54, 1.807) is 0 Å². The summed E-state index contributed by atoms with van der Waals surface area (Å²) in [7, 11) is 0. The van der Waals surface area contributed by atoms with Gasteiger partial charge in [0.15, 0.2) is 0 Å². The topological polar surface area (TPSA) is 29.9 Å². The van der Waals surface area contributed by atoms with Crippen molar-refractivity contribution in [2.24, 2.45) is 0 Å². The highest BCUT2D eigenvalue weighted by Gasteiger charge is 2.04. The summed E-state index contributed by atoms with van der Waals surface area (Å²) in [5.74, 6) is 0. The van der Waals surface area contributed by atoms with Crippen LogP contribution in [0.25, 0.3) is 0 Å². The molecule has 19 heavy (non-hydrogen) atoms. The van der Waals surface area contributed by atoms with Gasteiger partial charge in [0.1, 0.15) is 0 Å². The van der Waals surface area contributed by atoms with Crippen molar-refractivity contribution in [3.05, 3.63) is 53.9 Å². The SMILES string of the molecule is CC(C)n1nccc1CNCCc1ccccc1.Cl. The van der Waals surface area contributed by atoms with Crippen LogP contribution in [0.4, 0.5) is 0 Å². The highest BCUT2D eigenvalue weighted by atomic mass is 35.5. The van der Waals surface area contributed by atoms with E-state index in [9.17, 15) is 0 Å². The molecule has 0 aliphatic carbocycles. The van der Waals surface area contributed by atoms with Gasteiger partial charge in [-0.3, -0.25) is 4.68 Å². The standard InChI is InChI=1S/C15H21N3.ClH/c1-13(2)18-15(9-11-17-18)12-16-10-8-14-6-4-3-5-7-14;/h3-7,9,11,13,16H,8,10,12H2,1-2H3;1H. The van der Waals surface area contributed by atoms with Crippen LogP contribution in [0, 0.1) is 0 Å². The first-order valence-electron chi connectivity index (χ1n) is 6.54. The van der Waals surface area contributed by atoms with Crippen LogP contribution in [0.3, 0.4) is 0 Å². The van der Waals surface area contributed by atoms with Crippen molar-refractivity contribution in [2.45, 2.75) is 32.9 Å². The first-order chi connectivity index (χ1) is 8.77. The van der Waals surface area contributed by atoms with Crippen molar-refractivity contribution in [1.29, 1.82) is 0 Å². The van der Waals surface area contributed by atoms with Gasteiger partial charge in [-0.25, -0.2) is 0 Å². The number of nitrogens with zero attached hydrogens (tertiary/aromatic N) is 2. The van der Waals surface area contributed by atoms with Crippen LogP contribution in [-0.4, -0.2) is 16.3 Å². The van der Waals surface area contributed by atoms with Crippen molar-refractivity contribution in [2.75, 3.05) is 6.54 Å². The number of halogens is 1. The van der Waals surface area contributed by atoms with Gasteiger partial charge in [0, 0.05) is 18.8 Å². The van der Waals surface area contributed by atoms with Crippen LogP contribution in [0.15, 0.2) is 42.6 Å². The summed E-state index contributed by atoms with van der Waals surface area (Å²) in [6.45, 7) is 6.18. The molecule has 0 saturated carbocycles. The molecule has 0 unspecified atom stereocenters. The van der Waals surface area contributed by atoms with Crippen LogP contribution in [0.1, 0.15) is 31.1 Å². The zero-order valence-electron chi connectivity index (χ0n) is 11.5. The number of rotatable bonds is 6. The Morgan fingerprint density at radius 3 is 2.58 bits per heavy atom. The zero-order valence-corrected chi connectivity index (χ0v) is 12.4. The normalized spacial score (nSPS) is 10.5. The first kappa shape index (κ1) is 15.7. The summed E-state index contributed by atoms with van der Waals surface area (Å²) >= 11 is 0. The molecule has 0 saturated heterocycles. The number of nitrogens with one attached hydrogen (secondary N) is 1. The molecule has 0 fully saturated rings. The lowest BCUT2D eigenvalue weighted by molar-refractivity contribution is 0.496. The highest BCUT2D eigenvalue weighted by molar-refractivity contribution is 5.85. The van der Waals surface area contributed by atoms with E-state index >= 15 is 0 Å². The molecule has 0 aliphatic heterocycles. The second kappa shape index (κ2) is 7.97. The van der Waals surface area contributed by atoms with Crippen LogP contribution in [0.5, 0.6) is 0 Å². The Bertz CT molecular complexity index is 465. The van der Waals surface area contributed by atoms with E-state index < -0.39 is 0 Å². The lowest BCUT2D eigenvalue weighted by atomic mass is 10.1. The zero-order chi connectivity index (χ0) is 12.8. The Hall–Kier alpha value is -1.32. The Morgan fingerprint density at radius 1 is 1.16 bits per heavy atom. The fourth-order valence-electron chi connectivity index (χ4n) is 2.04. The van der Waals surface area contributed by atoms with Crippen LogP contribution < -0.4 is 5.32 Å². The number of hydrogen-bond donors (Lipinski definition) is 1. The predicted molar refractivity (Wildman–Crippen MR) is 81.7 cm³/mol. The Balaban J connectivity index is 0.00000180. The van der Waals surface area contributed by atoms with Gasteiger partial charge in [-0.05, 0) is 38.4 Å². The van der Waals surface area contributed by atoms with Crippen LogP contribution >= 0.6 is 12.4 Å². The van der Waals surface area contributed by atoms with Crippen LogP contribution in [-0.2, 0) is 13.0 Å². The molecular formula is C15H22ClN3. The van der Waals surface area contributed by atoms with Crippen molar-refractivity contribution >= 4 is 12.4 Å². The molecule has 0 spiro atoms. The van der Waals surface area contributed by atoms with Crippen molar-refractivity contribution < 1.29 is 0 Å². The number of benzene rings is 1. The van der Waals surface area contributed by atoms with Gasteiger partial charge in [0.25, 0.3) is 0 Å². The Kier molecular flexibility index (Phi) is 6.60. The molecule has 0 amide bonds. The van der Waals surface area contributed by atoms with Gasteiger partial charge in [-0.2, -0.15) is 5.10 Å². The van der Waals surface area contributed by atoms with Crippen molar-refractivity contribution in [3.63, 3.8) is 0 Å². The molecule has 0 aliphatic rings. The van der Waals surface area contributed by atoms with Gasteiger partial charge in [0.05, 0.1) is 5.69 Å². The summed E-state index contributed by atoms with van der Waals surface area (Å²) in [4.78, 5) is 0. The maximum absolute atomic E-state index is 4.33. The summed E-state index contributed by atoms with van der Waals surface area (Å²) < 4.78 is 2.06. The van der Waals surface area contributed by atoms with Crippen molar-refractivity contribution in [1.82, 2.24) is 15.1 Å². The monoisotopic (exact) mass is 279 g/mol. The molecular weight excluding hydrogens is 258 g/mol. The smallest absolute Gasteiger partial charge is 0.0525 e. The molecule has 0 atom stereocenters. The average molecular weight is 280 g/mol. The van der Waals surface area contributed by atoms with E-state index in [2.05, 4.69) is 65.3 Å². The quantitative estimate of drug-likeness (QED) is 0.823. The Labute approximate surface area is 121 Å². The van der Waals surface area contributed by atoms with Gasteiger partial charge in [0.2, 0.25) is 0 Å². The maximum atomic E-state index is 4.33. The molecule has 0 radical (unpaired) electrons. The fourth-order valence-corrected chi connectivity index (χ4v) is 2.04. The third kappa shape index (κ3) is 4.69. The Morgan fingerprint density at radius 2 is 1.89 bits per heavy atom. The molecule has 1 heterocycles. The van der Waals surface area contributed by atoms with E-state index in [0.717, 1.165) is 19.5 Å². The highest BCUT2D eigenvalue weighted by Crippen LogP contribution is 2.07. The second-order valence-electron chi connectivity index (χ2n) is 4.77. The lowest BCUT2D eigenvalue weighted by Crippen LogP contribution is -2.20. The molecule has 1 N–H and O–H groups in total. The average Bonchev–Trinajstić information content (AvgIpc) is 2.84. The van der Waals surface area contributed by atoms with Gasteiger partial charge in [-0.1, -0.05) is 30.3 Å². The number of aromatic nitrogens is 2. The molecule has 3 nitrogen and oxygen atoms in total. The predicted octanol–water partition coefficient (Wildman–Crippen LogP) is 3.22. The minimum Gasteiger partial charge on any atom is -0.311 e. The molecule has 2 rings (SSSR count). The van der Waals surface area contributed by atoms with E-state index in [1.807, 2.05) is 6.20 Å². The molecule has 0 bridgehead atoms. The lowest BCUT2D eigenvalue weighted by Gasteiger charge is -2.11. The summed E-state index contributed by atoms with van der Waals surface area (Å²) in [6, 6.07) is 13.1. The van der Waals surface area contributed by atoms with Crippen LogP contribution in [0.2, 0.25) is 0 Å². The van der Waals surface area contributed by atoms with Gasteiger partial charge >= 0.3 is 0 Å². The molecule has 4 heteroatoms. The van der Waals surface area contributed by atoms with E-state index in [0.29, 0.717) is 6.04 Å². The van der Waals surface area contributed by atoms with E-state index in [4.69, 9.17) is 0 Å². The van der Waals surface area contributed by atoms with Gasteiger partial charge < -0.3 is 5.32 Å². The summed E-state index contributed by atoms with van der Waals surface area (Å²) in [6.07, 6.45) is 2.94. The maximum Gasteiger partial charge on any atom is 0.0525 e.